The molecule has 0 aromatic heterocycles. The van der Waals surface area contributed by atoms with Gasteiger partial charge in [0.15, 0.2) is 0 Å². The number of aromatic carboxylic acids is 1. The third-order valence-electron chi connectivity index (χ3n) is 5.62. The lowest BCUT2D eigenvalue weighted by Gasteiger charge is -2.29. The number of carboxylic acids is 1. The zero-order valence-corrected chi connectivity index (χ0v) is 16.3. The van der Waals surface area contributed by atoms with Crippen LogP contribution < -0.4 is 4.90 Å². The Morgan fingerprint density at radius 3 is 2.55 bits per heavy atom. The topological polar surface area (TPSA) is 40.5 Å². The van der Waals surface area contributed by atoms with E-state index in [-0.39, 0.29) is 11.6 Å². The Bertz CT molecular complexity index is 1250. The predicted octanol–water partition coefficient (Wildman–Crippen LogP) is 6.63. The van der Waals surface area contributed by atoms with Gasteiger partial charge in [0.05, 0.1) is 11.6 Å². The third kappa shape index (κ3) is 2.95. The van der Waals surface area contributed by atoms with E-state index >= 15 is 0 Å². The van der Waals surface area contributed by atoms with Gasteiger partial charge in [-0.1, -0.05) is 66.2 Å². The molecule has 1 heterocycles. The van der Waals surface area contributed by atoms with Gasteiger partial charge in [-0.25, -0.2) is 4.79 Å². The molecule has 0 bridgehead atoms. The van der Waals surface area contributed by atoms with Gasteiger partial charge in [-0.05, 0) is 52.2 Å². The number of hydrogen-bond donors (Lipinski definition) is 1. The Hall–Kier alpha value is -3.30. The minimum atomic E-state index is -0.931. The van der Waals surface area contributed by atoms with Crippen molar-refractivity contribution < 1.29 is 9.90 Å². The molecule has 142 valence electrons. The van der Waals surface area contributed by atoms with Gasteiger partial charge in [-0.3, -0.25) is 0 Å². The van der Waals surface area contributed by atoms with Crippen molar-refractivity contribution in [3.05, 3.63) is 107 Å². The maximum atomic E-state index is 11.6. The molecule has 1 unspecified atom stereocenters. The monoisotopic (exact) mass is 399 g/mol. The molecular weight excluding hydrogens is 382 g/mol. The summed E-state index contributed by atoms with van der Waals surface area (Å²) >= 11 is 6.58. The smallest absolute Gasteiger partial charge is 0.335 e. The first-order valence-electron chi connectivity index (χ1n) is 9.51. The van der Waals surface area contributed by atoms with Crippen LogP contribution in [0.2, 0.25) is 5.02 Å². The number of anilines is 2. The first kappa shape index (κ1) is 17.8. The zero-order chi connectivity index (χ0) is 20.0. The molecule has 3 nitrogen and oxygen atoms in total. The summed E-state index contributed by atoms with van der Waals surface area (Å²) in [5, 5.41) is 12.6. The summed E-state index contributed by atoms with van der Waals surface area (Å²) in [5.74, 6) is -0.931. The minimum absolute atomic E-state index is 0.00597. The van der Waals surface area contributed by atoms with Crippen molar-refractivity contribution in [1.29, 1.82) is 0 Å². The molecule has 0 aliphatic carbocycles. The van der Waals surface area contributed by atoms with Crippen LogP contribution in [0.4, 0.5) is 11.4 Å². The molecule has 4 aromatic rings. The standard InChI is InChI=1S/C25H18ClNO2/c26-22-11-4-3-10-20(22)24-15-21-19-9-2-1-6-16(19)12-13-23(21)27(24)18-8-5-7-17(14-18)25(28)29/h1-14,24H,15H2,(H,28,29). The predicted molar refractivity (Wildman–Crippen MR) is 117 cm³/mol. The summed E-state index contributed by atoms with van der Waals surface area (Å²) in [6.45, 7) is 0. The van der Waals surface area contributed by atoms with Gasteiger partial charge in [0.1, 0.15) is 0 Å². The second-order valence-corrected chi connectivity index (χ2v) is 7.66. The number of carboxylic acid groups (broad SMARTS) is 1. The molecule has 0 fully saturated rings. The highest BCUT2D eigenvalue weighted by molar-refractivity contribution is 6.31. The van der Waals surface area contributed by atoms with Crippen LogP contribution in [0.1, 0.15) is 27.5 Å². The number of nitrogens with zero attached hydrogens (tertiary/aromatic N) is 1. The van der Waals surface area contributed by atoms with Gasteiger partial charge >= 0.3 is 5.97 Å². The molecule has 1 atom stereocenters. The fourth-order valence-electron chi connectivity index (χ4n) is 4.32. The molecule has 1 N–H and O–H groups in total. The summed E-state index contributed by atoms with van der Waals surface area (Å²) in [6.07, 6.45) is 0.803. The normalized spacial score (nSPS) is 15.5. The van der Waals surface area contributed by atoms with Crippen molar-refractivity contribution in [1.82, 2.24) is 0 Å². The molecule has 0 amide bonds. The Morgan fingerprint density at radius 1 is 0.931 bits per heavy atom. The molecule has 4 heteroatoms. The largest absolute Gasteiger partial charge is 0.478 e. The lowest BCUT2D eigenvalue weighted by Crippen LogP contribution is -2.20. The van der Waals surface area contributed by atoms with E-state index in [0.29, 0.717) is 5.02 Å². The molecule has 1 aliphatic rings. The Balaban J connectivity index is 1.75. The summed E-state index contributed by atoms with van der Waals surface area (Å²) < 4.78 is 0. The lowest BCUT2D eigenvalue weighted by atomic mass is 9.98. The maximum Gasteiger partial charge on any atom is 0.335 e. The molecule has 29 heavy (non-hydrogen) atoms. The Morgan fingerprint density at radius 2 is 1.72 bits per heavy atom. The summed E-state index contributed by atoms with van der Waals surface area (Å²) in [4.78, 5) is 13.8. The summed E-state index contributed by atoms with van der Waals surface area (Å²) in [7, 11) is 0. The van der Waals surface area contributed by atoms with E-state index in [1.54, 1.807) is 18.2 Å². The van der Waals surface area contributed by atoms with E-state index in [9.17, 15) is 9.90 Å². The van der Waals surface area contributed by atoms with Crippen LogP contribution >= 0.6 is 11.6 Å². The van der Waals surface area contributed by atoms with Crippen LogP contribution in [0.15, 0.2) is 84.9 Å². The van der Waals surface area contributed by atoms with Crippen molar-refractivity contribution in [3.8, 4) is 0 Å². The molecule has 0 saturated carbocycles. The average molecular weight is 400 g/mol. The van der Waals surface area contributed by atoms with Gasteiger partial charge in [-0.15, -0.1) is 0 Å². The van der Waals surface area contributed by atoms with Crippen molar-refractivity contribution >= 4 is 39.7 Å². The van der Waals surface area contributed by atoms with Gasteiger partial charge < -0.3 is 10.0 Å². The van der Waals surface area contributed by atoms with E-state index < -0.39 is 5.97 Å². The fraction of sp³-hybridized carbons (Fsp3) is 0.0800. The third-order valence-corrected chi connectivity index (χ3v) is 5.96. The molecule has 4 aromatic carbocycles. The first-order chi connectivity index (χ1) is 14.1. The second kappa shape index (κ2) is 6.94. The number of carbonyl (C=O) groups is 1. The highest BCUT2D eigenvalue weighted by Crippen LogP contribution is 2.49. The Labute approximate surface area is 173 Å². The van der Waals surface area contributed by atoms with Crippen LogP contribution in [0.25, 0.3) is 10.8 Å². The van der Waals surface area contributed by atoms with E-state index in [1.807, 2.05) is 30.3 Å². The molecular formula is C25H18ClNO2. The minimum Gasteiger partial charge on any atom is -0.478 e. The quantitative estimate of drug-likeness (QED) is 0.420. The second-order valence-electron chi connectivity index (χ2n) is 7.25. The highest BCUT2D eigenvalue weighted by atomic mass is 35.5. The van der Waals surface area contributed by atoms with E-state index in [2.05, 4.69) is 41.3 Å². The molecule has 5 rings (SSSR count). The fourth-order valence-corrected chi connectivity index (χ4v) is 4.58. The molecule has 0 radical (unpaired) electrons. The van der Waals surface area contributed by atoms with Gasteiger partial charge in [0, 0.05) is 22.8 Å². The van der Waals surface area contributed by atoms with Crippen LogP contribution in [-0.2, 0) is 6.42 Å². The van der Waals surface area contributed by atoms with E-state index in [0.717, 1.165) is 23.4 Å². The van der Waals surface area contributed by atoms with Crippen molar-refractivity contribution in [3.63, 3.8) is 0 Å². The Kier molecular flexibility index (Phi) is 4.26. The van der Waals surface area contributed by atoms with Crippen LogP contribution in [0.5, 0.6) is 0 Å². The number of benzene rings is 4. The van der Waals surface area contributed by atoms with Gasteiger partial charge in [0.2, 0.25) is 0 Å². The highest BCUT2D eigenvalue weighted by Gasteiger charge is 2.34. The zero-order valence-electron chi connectivity index (χ0n) is 15.5. The summed E-state index contributed by atoms with van der Waals surface area (Å²) in [5.41, 5.74) is 4.51. The van der Waals surface area contributed by atoms with Crippen LogP contribution in [0, 0.1) is 0 Å². The van der Waals surface area contributed by atoms with Crippen molar-refractivity contribution in [2.45, 2.75) is 12.5 Å². The molecule has 1 aliphatic heterocycles. The van der Waals surface area contributed by atoms with Crippen molar-refractivity contribution in [2.24, 2.45) is 0 Å². The SMILES string of the molecule is O=C(O)c1cccc(N2c3ccc4ccccc4c3CC2c2ccccc2Cl)c1. The van der Waals surface area contributed by atoms with Crippen LogP contribution in [-0.4, -0.2) is 11.1 Å². The van der Waals surface area contributed by atoms with Crippen LogP contribution in [0.3, 0.4) is 0 Å². The lowest BCUT2D eigenvalue weighted by molar-refractivity contribution is 0.0697. The van der Waals surface area contributed by atoms with Gasteiger partial charge in [-0.2, -0.15) is 0 Å². The number of halogens is 1. The van der Waals surface area contributed by atoms with Crippen molar-refractivity contribution in [2.75, 3.05) is 4.90 Å². The average Bonchev–Trinajstić information content (AvgIpc) is 3.14. The number of fused-ring (bicyclic) bond motifs is 3. The first-order valence-corrected chi connectivity index (χ1v) is 9.89. The van der Waals surface area contributed by atoms with Gasteiger partial charge in [0.25, 0.3) is 0 Å². The number of rotatable bonds is 3. The molecule has 0 saturated heterocycles. The van der Waals surface area contributed by atoms with E-state index in [4.69, 9.17) is 11.6 Å². The summed E-state index contributed by atoms with van der Waals surface area (Å²) in [6, 6.07) is 27.6. The molecule has 0 spiro atoms. The number of hydrogen-bond acceptors (Lipinski definition) is 2. The van der Waals surface area contributed by atoms with E-state index in [1.165, 1.54) is 16.3 Å². The maximum absolute atomic E-state index is 11.6.